The van der Waals surface area contributed by atoms with E-state index in [9.17, 15) is 4.79 Å². The number of anilines is 1. The lowest BCUT2D eigenvalue weighted by atomic mass is 9.90. The van der Waals surface area contributed by atoms with E-state index >= 15 is 0 Å². The number of hydrogen-bond acceptors (Lipinski definition) is 5. The third-order valence-electron chi connectivity index (χ3n) is 4.52. The fourth-order valence-corrected chi connectivity index (χ4v) is 3.05. The number of carbonyl (C=O) groups excluding carboxylic acids is 1. The lowest BCUT2D eigenvalue weighted by Crippen LogP contribution is -2.54. The average molecular weight is 325 g/mol. The predicted octanol–water partition coefficient (Wildman–Crippen LogP) is 1.75. The van der Waals surface area contributed by atoms with Gasteiger partial charge in [0.2, 0.25) is 5.91 Å². The zero-order valence-corrected chi connectivity index (χ0v) is 13.9. The summed E-state index contributed by atoms with van der Waals surface area (Å²) in [7, 11) is 0. The molecule has 0 spiro atoms. The summed E-state index contributed by atoms with van der Waals surface area (Å²) in [6.45, 7) is 3.17. The Balaban J connectivity index is 1.59. The van der Waals surface area contributed by atoms with E-state index in [0.717, 1.165) is 24.2 Å². The number of nitrogens with one attached hydrogen (secondary N) is 1. The molecular weight excluding hydrogens is 302 g/mol. The largest absolute Gasteiger partial charge is 0.366 e. The predicted molar refractivity (Wildman–Crippen MR) is 93.2 cm³/mol. The summed E-state index contributed by atoms with van der Waals surface area (Å²) in [6.07, 6.45) is 3.39. The van der Waals surface area contributed by atoms with Gasteiger partial charge < -0.3 is 16.0 Å². The molecule has 1 atom stereocenters. The summed E-state index contributed by atoms with van der Waals surface area (Å²) in [5, 5.41) is 11.3. The minimum atomic E-state index is -0.994. The maximum atomic E-state index is 12.8. The highest BCUT2D eigenvalue weighted by atomic mass is 16.2. The van der Waals surface area contributed by atoms with E-state index in [1.807, 2.05) is 47.4 Å². The van der Waals surface area contributed by atoms with Crippen LogP contribution in [0.1, 0.15) is 25.3 Å². The van der Waals surface area contributed by atoms with Gasteiger partial charge in [-0.05, 0) is 37.5 Å². The Hall–Kier alpha value is -2.47. The third kappa shape index (κ3) is 3.54. The normalized spacial score (nSPS) is 18.0. The number of hydrogen-bond donors (Lipinski definition) is 2. The molecule has 1 fully saturated rings. The van der Waals surface area contributed by atoms with E-state index in [1.165, 1.54) is 0 Å². The first kappa shape index (κ1) is 16.4. The zero-order chi connectivity index (χ0) is 17.0. The summed E-state index contributed by atoms with van der Waals surface area (Å²) < 4.78 is 0. The Labute approximate surface area is 142 Å². The van der Waals surface area contributed by atoms with Crippen LogP contribution in [-0.4, -0.2) is 40.1 Å². The van der Waals surface area contributed by atoms with Crippen molar-refractivity contribution in [2.75, 3.05) is 18.4 Å². The second-order valence-electron chi connectivity index (χ2n) is 6.39. The van der Waals surface area contributed by atoms with Crippen LogP contribution in [0.15, 0.2) is 48.7 Å². The Morgan fingerprint density at radius 2 is 1.92 bits per heavy atom. The van der Waals surface area contributed by atoms with E-state index in [2.05, 4.69) is 15.5 Å². The van der Waals surface area contributed by atoms with E-state index in [4.69, 9.17) is 5.73 Å². The van der Waals surface area contributed by atoms with Crippen LogP contribution in [0.3, 0.4) is 0 Å². The van der Waals surface area contributed by atoms with Crippen LogP contribution < -0.4 is 11.1 Å². The molecule has 1 saturated heterocycles. The van der Waals surface area contributed by atoms with Crippen LogP contribution >= 0.6 is 0 Å². The second-order valence-corrected chi connectivity index (χ2v) is 6.39. The molecule has 1 unspecified atom stereocenters. The van der Waals surface area contributed by atoms with Crippen molar-refractivity contribution in [2.45, 2.75) is 31.3 Å². The maximum absolute atomic E-state index is 12.8. The van der Waals surface area contributed by atoms with Gasteiger partial charge in [0, 0.05) is 25.3 Å². The molecule has 1 aliphatic heterocycles. The lowest BCUT2D eigenvalue weighted by Gasteiger charge is -2.37. The molecule has 2 heterocycles. The van der Waals surface area contributed by atoms with Crippen molar-refractivity contribution < 1.29 is 4.79 Å². The summed E-state index contributed by atoms with van der Waals surface area (Å²) in [6, 6.07) is 13.6. The SMILES string of the molecule is CC(N)(C(=O)N1CCC(Nc2cccnn2)CC1)c1ccccc1. The molecule has 1 aromatic carbocycles. The van der Waals surface area contributed by atoms with Gasteiger partial charge in [0.25, 0.3) is 0 Å². The number of piperidine rings is 1. The standard InChI is InChI=1S/C18H23N5O/c1-18(19,14-6-3-2-4-7-14)17(24)23-12-9-15(10-13-23)21-16-8-5-11-20-22-16/h2-8,11,15H,9-10,12-13,19H2,1H3,(H,21,22). The third-order valence-corrected chi connectivity index (χ3v) is 4.52. The van der Waals surface area contributed by atoms with Crippen molar-refractivity contribution in [3.8, 4) is 0 Å². The van der Waals surface area contributed by atoms with Crippen LogP contribution in [0.25, 0.3) is 0 Å². The average Bonchev–Trinajstić information content (AvgIpc) is 2.63. The Kier molecular flexibility index (Phi) is 4.76. The van der Waals surface area contributed by atoms with Crippen molar-refractivity contribution >= 4 is 11.7 Å². The van der Waals surface area contributed by atoms with Gasteiger partial charge >= 0.3 is 0 Å². The zero-order valence-electron chi connectivity index (χ0n) is 13.9. The lowest BCUT2D eigenvalue weighted by molar-refractivity contribution is -0.137. The monoisotopic (exact) mass is 325 g/mol. The fourth-order valence-electron chi connectivity index (χ4n) is 3.05. The number of nitrogens with zero attached hydrogens (tertiary/aromatic N) is 3. The quantitative estimate of drug-likeness (QED) is 0.895. The molecule has 24 heavy (non-hydrogen) atoms. The van der Waals surface area contributed by atoms with Crippen molar-refractivity contribution in [3.63, 3.8) is 0 Å². The molecule has 3 N–H and O–H groups in total. The highest BCUT2D eigenvalue weighted by Gasteiger charge is 2.36. The van der Waals surface area contributed by atoms with E-state index in [0.29, 0.717) is 19.1 Å². The molecule has 6 heteroatoms. The number of amides is 1. The molecule has 2 aromatic rings. The highest BCUT2D eigenvalue weighted by Crippen LogP contribution is 2.23. The number of rotatable bonds is 4. The van der Waals surface area contributed by atoms with Gasteiger partial charge in [-0.1, -0.05) is 30.3 Å². The Bertz CT molecular complexity index is 666. The highest BCUT2D eigenvalue weighted by molar-refractivity contribution is 5.87. The summed E-state index contributed by atoms with van der Waals surface area (Å²) in [5.41, 5.74) is 6.19. The van der Waals surface area contributed by atoms with Gasteiger partial charge in [-0.3, -0.25) is 4.79 Å². The van der Waals surface area contributed by atoms with E-state index in [-0.39, 0.29) is 5.91 Å². The number of aromatic nitrogens is 2. The van der Waals surface area contributed by atoms with Gasteiger partial charge in [-0.2, -0.15) is 5.10 Å². The van der Waals surface area contributed by atoms with Crippen LogP contribution in [0.2, 0.25) is 0 Å². The first-order valence-corrected chi connectivity index (χ1v) is 8.25. The topological polar surface area (TPSA) is 84.1 Å². The number of nitrogens with two attached hydrogens (primary N) is 1. The molecule has 0 radical (unpaired) electrons. The van der Waals surface area contributed by atoms with Crippen LogP contribution in [0, 0.1) is 0 Å². The Morgan fingerprint density at radius 1 is 1.21 bits per heavy atom. The number of likely N-dealkylation sites (tertiary alicyclic amines) is 1. The minimum Gasteiger partial charge on any atom is -0.366 e. The van der Waals surface area contributed by atoms with E-state index in [1.54, 1.807) is 13.1 Å². The molecule has 126 valence electrons. The van der Waals surface area contributed by atoms with Crippen molar-refractivity contribution in [3.05, 3.63) is 54.2 Å². The number of benzene rings is 1. The molecule has 0 bridgehead atoms. The van der Waals surface area contributed by atoms with E-state index < -0.39 is 5.54 Å². The smallest absolute Gasteiger partial charge is 0.246 e. The molecule has 3 rings (SSSR count). The van der Waals surface area contributed by atoms with Crippen molar-refractivity contribution in [1.29, 1.82) is 0 Å². The summed E-state index contributed by atoms with van der Waals surface area (Å²) >= 11 is 0. The minimum absolute atomic E-state index is 0.0216. The van der Waals surface area contributed by atoms with Crippen LogP contribution in [0.5, 0.6) is 0 Å². The van der Waals surface area contributed by atoms with Crippen molar-refractivity contribution in [1.82, 2.24) is 15.1 Å². The maximum Gasteiger partial charge on any atom is 0.246 e. The molecule has 6 nitrogen and oxygen atoms in total. The molecule has 1 amide bonds. The van der Waals surface area contributed by atoms with Gasteiger partial charge in [0.1, 0.15) is 11.4 Å². The molecular formula is C18H23N5O. The molecule has 1 aliphatic rings. The van der Waals surface area contributed by atoms with Crippen molar-refractivity contribution in [2.24, 2.45) is 5.73 Å². The fraction of sp³-hybridized carbons (Fsp3) is 0.389. The van der Waals surface area contributed by atoms with Gasteiger partial charge in [0.15, 0.2) is 0 Å². The molecule has 0 aliphatic carbocycles. The second kappa shape index (κ2) is 6.97. The number of carbonyl (C=O) groups is 1. The van der Waals surface area contributed by atoms with Crippen LogP contribution in [-0.2, 0) is 10.3 Å². The summed E-state index contributed by atoms with van der Waals surface area (Å²) in [4.78, 5) is 14.7. The van der Waals surface area contributed by atoms with Gasteiger partial charge in [-0.25, -0.2) is 0 Å². The van der Waals surface area contributed by atoms with Gasteiger partial charge in [0.05, 0.1) is 0 Å². The molecule has 0 saturated carbocycles. The van der Waals surface area contributed by atoms with Crippen LogP contribution in [0.4, 0.5) is 5.82 Å². The Morgan fingerprint density at radius 3 is 2.54 bits per heavy atom. The summed E-state index contributed by atoms with van der Waals surface area (Å²) in [5.74, 6) is 0.752. The van der Waals surface area contributed by atoms with Gasteiger partial charge in [-0.15, -0.1) is 5.10 Å². The first-order chi connectivity index (χ1) is 11.6. The molecule has 1 aromatic heterocycles. The first-order valence-electron chi connectivity index (χ1n) is 8.25.